The van der Waals surface area contributed by atoms with Crippen molar-refractivity contribution in [3.05, 3.63) is 119 Å². The summed E-state index contributed by atoms with van der Waals surface area (Å²) in [4.78, 5) is 147. The van der Waals surface area contributed by atoms with Gasteiger partial charge < -0.3 is 77.9 Å². The lowest BCUT2D eigenvalue weighted by Crippen LogP contribution is -2.82. The van der Waals surface area contributed by atoms with Crippen LogP contribution in [0.5, 0.6) is 0 Å². The van der Waals surface area contributed by atoms with Gasteiger partial charge in [-0.25, -0.2) is 28.8 Å². The van der Waals surface area contributed by atoms with Crippen LogP contribution in [0.1, 0.15) is 195 Å². The number of carbonyl (C=O) groups is 10. The van der Waals surface area contributed by atoms with E-state index in [1.165, 1.54) is 24.0 Å². The highest BCUT2D eigenvalue weighted by Gasteiger charge is 2.79. The van der Waals surface area contributed by atoms with Gasteiger partial charge in [0.25, 0.3) is 5.91 Å². The molecule has 27 heteroatoms. The van der Waals surface area contributed by atoms with E-state index >= 15 is 14.4 Å². The Morgan fingerprint density at radius 3 is 1.59 bits per heavy atom. The molecule has 2 saturated carbocycles. The van der Waals surface area contributed by atoms with Crippen molar-refractivity contribution in [3.63, 3.8) is 0 Å². The van der Waals surface area contributed by atoms with Gasteiger partial charge in [0, 0.05) is 76.9 Å². The van der Waals surface area contributed by atoms with Crippen LogP contribution in [0.4, 0.5) is 19.2 Å². The zero-order valence-corrected chi connectivity index (χ0v) is 66.1. The molecule has 1 saturated heterocycles. The minimum absolute atomic E-state index is 0.0154. The summed E-state index contributed by atoms with van der Waals surface area (Å²) >= 11 is 0. The summed E-state index contributed by atoms with van der Waals surface area (Å²) in [7, 11) is -2.86. The molecule has 26 nitrogen and oxygen atoms in total. The lowest BCUT2D eigenvalue weighted by atomic mass is 9.44. The van der Waals surface area contributed by atoms with Gasteiger partial charge in [0.15, 0.2) is 31.9 Å². The van der Waals surface area contributed by atoms with E-state index in [1.54, 1.807) is 167 Å². The van der Waals surface area contributed by atoms with Gasteiger partial charge in [-0.2, -0.15) is 0 Å². The summed E-state index contributed by atoms with van der Waals surface area (Å²) in [6.45, 7) is 30.5. The van der Waals surface area contributed by atoms with E-state index in [4.69, 9.17) is 47.1 Å². The summed E-state index contributed by atoms with van der Waals surface area (Å²) < 4.78 is 62.9. The Balaban J connectivity index is 1.25. The fourth-order valence-corrected chi connectivity index (χ4v) is 17.7. The third-order valence-corrected chi connectivity index (χ3v) is 25.2. The maximum absolute atomic E-state index is 16.9. The minimum Gasteiger partial charge on any atom is -0.456 e. The highest BCUT2D eigenvalue weighted by atomic mass is 28.4. The number of unbranched alkanes of at least 4 members (excludes halogenated alkanes) is 1. The van der Waals surface area contributed by atoms with Crippen LogP contribution >= 0.6 is 0 Å². The predicted octanol–water partition coefficient (Wildman–Crippen LogP) is 12.1. The van der Waals surface area contributed by atoms with Gasteiger partial charge in [0.2, 0.25) is 0 Å². The molecular weight excluding hydrogens is 1380 g/mol. The van der Waals surface area contributed by atoms with E-state index < -0.39 is 169 Å². The molecular formula is C79H113N5O21Si. The summed E-state index contributed by atoms with van der Waals surface area (Å²) in [5.74, 6) is -6.92. The maximum atomic E-state index is 16.9. The average molecular weight is 1500 g/mol. The molecule has 4 N–H and O–H groups in total. The first-order valence-corrected chi connectivity index (χ1v) is 39.5. The Bertz CT molecular complexity index is 3620. The SMILES string of the molecule is CC[Si](CC)(CC)O[C@@H](C(=O)O[C@H]1C[C@@]2(O)[C@@H](OC(=O)c3ccccc3)[C@@H]3[C@]4(OC(C)=O)CO[C@@H]4C[C@H](OC(=O)NCCCN(CCCCN(CCCNC(=O)OC(C)(C)C)C(=O)OC(C)(C)C)C(=O)OC(C)(C)C)[C@@]3(C)C(=O)[C@H](OC(C)=O)C(=C1C)C2(C)C)[C@@H](NC(=O)c1ccccc1)c1ccccc1. The molecule has 584 valence electrons. The van der Waals surface area contributed by atoms with Crippen molar-refractivity contribution in [1.29, 1.82) is 0 Å². The van der Waals surface area contributed by atoms with Gasteiger partial charge in [0.1, 0.15) is 46.8 Å². The molecule has 0 radical (unpaired) electrons. The van der Waals surface area contributed by atoms with Crippen LogP contribution in [0.15, 0.2) is 102 Å². The van der Waals surface area contributed by atoms with Crippen LogP contribution in [0.3, 0.4) is 0 Å². The van der Waals surface area contributed by atoms with Crippen LogP contribution < -0.4 is 16.0 Å². The standard InChI is InChI=1S/C79H113N5O21Si/c1-19-106(20-2,21-3)105-62(60(53-35-25-22-26-36-53)82-66(88)54-37-27-23-28-38-54)68(90)98-56-48-79(95)65(100-67(89)55-39-29-24-30-40-55)63-77(18,64(87)61(97-51(5)85)59(50(56)4)76(79,16)17)57(47-58-78(63,49-96-58)101-52(6)86)99-69(91)80-41-33-45-83(71(93)103-74(10,11)12)43-31-32-44-84(72(94)104-75(13,14)15)46-34-42-81-70(92)102-73(7,8)9/h22-30,35-40,56-58,60-63,65,95H,19-21,31-34,41-49H2,1-18H3,(H,80,91)(H,81,92)(H,82,88)/t56-,57-,58+,60-,61+,62+,63-,65-,77+,78-,79+/m0/s1. The predicted molar refractivity (Wildman–Crippen MR) is 394 cm³/mol. The van der Waals surface area contributed by atoms with Crippen molar-refractivity contribution >= 4 is 68.3 Å². The normalized spacial score (nSPS) is 23.9. The smallest absolute Gasteiger partial charge is 0.410 e. The molecule has 1 heterocycles. The molecule has 106 heavy (non-hydrogen) atoms. The lowest BCUT2D eigenvalue weighted by molar-refractivity contribution is -0.345. The van der Waals surface area contributed by atoms with Crippen LogP contribution in [-0.4, -0.2) is 194 Å². The lowest BCUT2D eigenvalue weighted by Gasteiger charge is -2.67. The van der Waals surface area contributed by atoms with Gasteiger partial charge >= 0.3 is 48.3 Å². The molecule has 0 unspecified atom stereocenters. The molecule has 4 aliphatic rings. The number of hydrogen-bond donors (Lipinski definition) is 4. The van der Waals surface area contributed by atoms with E-state index in [0.29, 0.717) is 48.5 Å². The largest absolute Gasteiger partial charge is 0.456 e. The molecule has 3 aromatic rings. The molecule has 0 spiro atoms. The van der Waals surface area contributed by atoms with Gasteiger partial charge in [-0.1, -0.05) is 101 Å². The number of fused-ring (bicyclic) bond motifs is 5. The quantitative estimate of drug-likeness (QED) is 0.0165. The van der Waals surface area contributed by atoms with Gasteiger partial charge in [-0.05, 0) is 161 Å². The number of amides is 5. The number of alkyl carbamates (subject to hydrolysis) is 2. The monoisotopic (exact) mass is 1500 g/mol. The third-order valence-electron chi connectivity index (χ3n) is 20.5. The molecule has 3 aromatic carbocycles. The van der Waals surface area contributed by atoms with Gasteiger partial charge in [-0.15, -0.1) is 0 Å². The molecule has 0 aromatic heterocycles. The van der Waals surface area contributed by atoms with Crippen LogP contribution in [0.25, 0.3) is 0 Å². The average Bonchev–Trinajstić information content (AvgIpc) is 0.667. The Hall–Kier alpha value is -8.40. The van der Waals surface area contributed by atoms with Crippen LogP contribution in [0.2, 0.25) is 18.1 Å². The second-order valence-corrected chi connectivity index (χ2v) is 36.5. The molecule has 2 bridgehead atoms. The van der Waals surface area contributed by atoms with Crippen molar-refractivity contribution in [1.82, 2.24) is 25.8 Å². The molecule has 1 aliphatic heterocycles. The summed E-state index contributed by atoms with van der Waals surface area (Å²) in [6, 6.07) is 25.7. The number of nitrogens with zero attached hydrogens (tertiary/aromatic N) is 2. The number of ether oxygens (including phenoxy) is 9. The van der Waals surface area contributed by atoms with E-state index in [-0.39, 0.29) is 68.8 Å². The van der Waals surface area contributed by atoms with Crippen molar-refractivity contribution in [2.75, 3.05) is 45.9 Å². The van der Waals surface area contributed by atoms with E-state index in [2.05, 4.69) is 16.0 Å². The molecule has 7 rings (SSSR count). The van der Waals surface area contributed by atoms with Crippen molar-refractivity contribution in [2.45, 2.75) is 252 Å². The van der Waals surface area contributed by atoms with Gasteiger partial charge in [0.05, 0.1) is 29.5 Å². The second-order valence-electron chi connectivity index (χ2n) is 31.8. The topological polar surface area (TPSA) is 326 Å². The van der Waals surface area contributed by atoms with Crippen LogP contribution in [-0.2, 0) is 66.2 Å². The highest BCUT2D eigenvalue weighted by Crippen LogP contribution is 2.65. The molecule has 3 aliphatic carbocycles. The minimum atomic E-state index is -2.86. The third kappa shape index (κ3) is 20.4. The number of Topliss-reactive ketones (excluding diaryl/α,β-unsaturated/α-hetero) is 1. The summed E-state index contributed by atoms with van der Waals surface area (Å²) in [5.41, 5.74) is -9.97. The fourth-order valence-electron chi connectivity index (χ4n) is 15.0. The second kappa shape index (κ2) is 35.1. The first-order valence-electron chi connectivity index (χ1n) is 37.0. The van der Waals surface area contributed by atoms with E-state index in [0.717, 1.165) is 13.8 Å². The number of carbonyl (C=O) groups excluding carboxylic acids is 10. The zero-order valence-electron chi connectivity index (χ0n) is 65.1. The van der Waals surface area contributed by atoms with Crippen molar-refractivity contribution in [3.8, 4) is 0 Å². The number of benzene rings is 3. The van der Waals surface area contributed by atoms with Gasteiger partial charge in [-0.3, -0.25) is 19.2 Å². The summed E-state index contributed by atoms with van der Waals surface area (Å²) in [6.07, 6.45) is -12.2. The maximum Gasteiger partial charge on any atom is 0.410 e. The number of rotatable bonds is 29. The van der Waals surface area contributed by atoms with Crippen molar-refractivity contribution in [2.24, 2.45) is 16.7 Å². The number of esters is 4. The van der Waals surface area contributed by atoms with Crippen LogP contribution in [0, 0.1) is 16.7 Å². The Labute approximate surface area is 624 Å². The highest BCUT2D eigenvalue weighted by molar-refractivity contribution is 6.73. The summed E-state index contributed by atoms with van der Waals surface area (Å²) in [5, 5.41) is 23.2. The number of hydrogen-bond acceptors (Lipinski definition) is 21. The van der Waals surface area contributed by atoms with E-state index in [9.17, 15) is 38.7 Å². The van der Waals surface area contributed by atoms with Crippen molar-refractivity contribution < 1.29 is 100 Å². The Morgan fingerprint density at radius 2 is 1.12 bits per heavy atom. The Kier molecular flexibility index (Phi) is 28.1. The zero-order chi connectivity index (χ0) is 78.5. The molecule has 5 amide bonds. The first kappa shape index (κ1) is 84.9. The number of nitrogens with one attached hydrogen (secondary N) is 3. The van der Waals surface area contributed by atoms with E-state index in [1.807, 2.05) is 20.8 Å². The molecule has 11 atom stereocenters. The first-order chi connectivity index (χ1) is 49.6. The number of ketones is 1. The number of aliphatic hydroxyl groups is 1. The molecule has 3 fully saturated rings. The Morgan fingerprint density at radius 1 is 0.632 bits per heavy atom. The fraction of sp³-hybridized carbons (Fsp3) is 0.620.